The summed E-state index contributed by atoms with van der Waals surface area (Å²) in [6, 6.07) is 26.8. The zero-order valence-corrected chi connectivity index (χ0v) is 16.5. The third-order valence-electron chi connectivity index (χ3n) is 4.74. The van der Waals surface area contributed by atoms with Crippen LogP contribution in [0.3, 0.4) is 0 Å². The summed E-state index contributed by atoms with van der Waals surface area (Å²) in [5.41, 5.74) is 5.60. The van der Waals surface area contributed by atoms with Gasteiger partial charge in [0.2, 0.25) is 0 Å². The molecule has 0 spiro atoms. The van der Waals surface area contributed by atoms with Crippen LogP contribution in [0.1, 0.15) is 11.1 Å². The Morgan fingerprint density at radius 3 is 1.26 bits per heavy atom. The molecule has 0 nitrogen and oxygen atoms in total. The molecule has 0 amide bonds. The second kappa shape index (κ2) is 4.93. The maximum absolute atomic E-state index is 2.60. The fraction of sp³-hybridized carbons (Fsp3) is 0.0476. The van der Waals surface area contributed by atoms with Crippen molar-refractivity contribution >= 4 is 66.7 Å². The van der Waals surface area contributed by atoms with Crippen LogP contribution in [-0.4, -0.2) is 0 Å². The molecule has 0 aromatic heterocycles. The second-order valence-corrected chi connectivity index (χ2v) is 11.4. The Kier molecular flexibility index (Phi) is 3.05. The SMILES string of the molecule is IC1(I)c2cc3ccccc3cc2-c2cc3ccccc3cc21. The monoisotopic (exact) mass is 518 g/mol. The van der Waals surface area contributed by atoms with Gasteiger partial charge in [-0.05, 0) is 68.1 Å². The van der Waals surface area contributed by atoms with E-state index in [9.17, 15) is 0 Å². The van der Waals surface area contributed by atoms with Gasteiger partial charge < -0.3 is 0 Å². The molecule has 2 heteroatoms. The molecular weight excluding hydrogens is 506 g/mol. The van der Waals surface area contributed by atoms with Crippen LogP contribution in [0.5, 0.6) is 0 Å². The zero-order chi connectivity index (χ0) is 15.6. The minimum absolute atomic E-state index is 0.00570. The second-order valence-electron chi connectivity index (χ2n) is 6.06. The number of hydrogen-bond acceptors (Lipinski definition) is 0. The lowest BCUT2D eigenvalue weighted by Crippen LogP contribution is -2.05. The van der Waals surface area contributed by atoms with Gasteiger partial charge in [-0.15, -0.1) is 0 Å². The van der Waals surface area contributed by atoms with Crippen molar-refractivity contribution in [1.82, 2.24) is 0 Å². The van der Waals surface area contributed by atoms with Gasteiger partial charge >= 0.3 is 0 Å². The smallest absolute Gasteiger partial charge is 0.0616 e. The van der Waals surface area contributed by atoms with Crippen LogP contribution in [0, 0.1) is 0 Å². The van der Waals surface area contributed by atoms with Crippen LogP contribution in [0.4, 0.5) is 0 Å². The van der Waals surface area contributed by atoms with E-state index in [-0.39, 0.29) is 1.43 Å². The fourth-order valence-electron chi connectivity index (χ4n) is 3.59. The number of alkyl halides is 2. The normalized spacial score (nSPS) is 14.9. The van der Waals surface area contributed by atoms with Crippen molar-refractivity contribution in [2.45, 2.75) is 1.43 Å². The van der Waals surface area contributed by atoms with E-state index in [0.29, 0.717) is 0 Å². The molecule has 4 aromatic rings. The Labute approximate surface area is 162 Å². The van der Waals surface area contributed by atoms with E-state index in [1.807, 2.05) is 0 Å². The maximum atomic E-state index is 2.60. The summed E-state index contributed by atoms with van der Waals surface area (Å²) in [6.45, 7) is 0. The van der Waals surface area contributed by atoms with Gasteiger partial charge in [0.1, 0.15) is 1.43 Å². The molecule has 0 unspecified atom stereocenters. The van der Waals surface area contributed by atoms with E-state index >= 15 is 0 Å². The molecule has 0 aliphatic heterocycles. The minimum Gasteiger partial charge on any atom is -0.0616 e. The first-order valence-corrected chi connectivity index (χ1v) is 9.75. The summed E-state index contributed by atoms with van der Waals surface area (Å²) in [5.74, 6) is 0. The third kappa shape index (κ3) is 2.00. The van der Waals surface area contributed by atoms with E-state index in [2.05, 4.69) is 118 Å². The van der Waals surface area contributed by atoms with Crippen LogP contribution < -0.4 is 0 Å². The topological polar surface area (TPSA) is 0 Å². The van der Waals surface area contributed by atoms with Gasteiger partial charge in [0.15, 0.2) is 0 Å². The fourth-order valence-corrected chi connectivity index (χ4v) is 5.38. The first kappa shape index (κ1) is 14.2. The standard InChI is InChI=1S/C21H12I2/c22-21(23)19-11-15-7-3-1-5-13(15)9-17(19)18-10-14-6-2-4-8-16(14)12-20(18)21/h1-12H. The van der Waals surface area contributed by atoms with E-state index in [4.69, 9.17) is 0 Å². The predicted molar refractivity (Wildman–Crippen MR) is 116 cm³/mol. The van der Waals surface area contributed by atoms with Gasteiger partial charge in [0, 0.05) is 0 Å². The number of benzene rings is 4. The van der Waals surface area contributed by atoms with Crippen molar-refractivity contribution in [3.63, 3.8) is 0 Å². The molecule has 1 aliphatic carbocycles. The highest BCUT2D eigenvalue weighted by Gasteiger charge is 2.39. The van der Waals surface area contributed by atoms with E-state index < -0.39 is 0 Å². The summed E-state index contributed by atoms with van der Waals surface area (Å²) in [5, 5.41) is 5.27. The lowest BCUT2D eigenvalue weighted by atomic mass is 9.99. The summed E-state index contributed by atoms with van der Waals surface area (Å²) in [7, 11) is 0. The molecule has 0 bridgehead atoms. The number of fused-ring (bicyclic) bond motifs is 5. The predicted octanol–water partition coefficient (Wildman–Crippen LogP) is 7.04. The van der Waals surface area contributed by atoms with E-state index in [1.165, 1.54) is 43.8 Å². The zero-order valence-electron chi connectivity index (χ0n) is 12.2. The Hall–Kier alpha value is -1.14. The molecule has 0 radical (unpaired) electrons. The van der Waals surface area contributed by atoms with Crippen molar-refractivity contribution in [1.29, 1.82) is 0 Å². The maximum Gasteiger partial charge on any atom is 0.124 e. The largest absolute Gasteiger partial charge is 0.124 e. The lowest BCUT2D eigenvalue weighted by Gasteiger charge is -2.17. The van der Waals surface area contributed by atoms with Crippen LogP contribution in [0.25, 0.3) is 32.7 Å². The van der Waals surface area contributed by atoms with E-state index in [1.54, 1.807) is 0 Å². The molecule has 110 valence electrons. The quantitative estimate of drug-likeness (QED) is 0.173. The van der Waals surface area contributed by atoms with Crippen molar-refractivity contribution in [3.8, 4) is 11.1 Å². The summed E-state index contributed by atoms with van der Waals surface area (Å²) < 4.78 is -0.00570. The van der Waals surface area contributed by atoms with Crippen LogP contribution in [-0.2, 0) is 1.43 Å². The molecule has 23 heavy (non-hydrogen) atoms. The van der Waals surface area contributed by atoms with Gasteiger partial charge in [-0.3, -0.25) is 0 Å². The Morgan fingerprint density at radius 1 is 0.522 bits per heavy atom. The average molecular weight is 518 g/mol. The first-order chi connectivity index (χ1) is 11.1. The van der Waals surface area contributed by atoms with Crippen LogP contribution in [0.2, 0.25) is 0 Å². The molecule has 0 heterocycles. The molecule has 0 saturated heterocycles. The Bertz CT molecular complexity index is 1010. The summed E-state index contributed by atoms with van der Waals surface area (Å²) in [6.07, 6.45) is 0. The van der Waals surface area contributed by atoms with Crippen LogP contribution >= 0.6 is 45.2 Å². The molecule has 0 fully saturated rings. The highest BCUT2D eigenvalue weighted by atomic mass is 127. The van der Waals surface area contributed by atoms with E-state index in [0.717, 1.165) is 0 Å². The third-order valence-corrected chi connectivity index (χ3v) is 7.06. The highest BCUT2D eigenvalue weighted by Crippen LogP contribution is 2.58. The first-order valence-electron chi connectivity index (χ1n) is 7.59. The molecule has 5 rings (SSSR count). The summed E-state index contributed by atoms with van der Waals surface area (Å²) in [4.78, 5) is 0. The highest BCUT2D eigenvalue weighted by molar-refractivity contribution is 14.2. The molecular formula is C21H12I2. The Balaban J connectivity index is 1.92. The number of rotatable bonds is 0. The van der Waals surface area contributed by atoms with Crippen molar-refractivity contribution in [3.05, 3.63) is 83.9 Å². The average Bonchev–Trinajstić information content (AvgIpc) is 2.79. The molecule has 1 aliphatic rings. The van der Waals surface area contributed by atoms with Gasteiger partial charge in [-0.25, -0.2) is 0 Å². The molecule has 0 N–H and O–H groups in total. The lowest BCUT2D eigenvalue weighted by molar-refractivity contribution is 1.24. The molecule has 4 aromatic carbocycles. The van der Waals surface area contributed by atoms with Crippen molar-refractivity contribution < 1.29 is 0 Å². The molecule has 0 atom stereocenters. The molecule has 0 saturated carbocycles. The van der Waals surface area contributed by atoms with Crippen molar-refractivity contribution in [2.24, 2.45) is 0 Å². The Morgan fingerprint density at radius 2 is 0.870 bits per heavy atom. The van der Waals surface area contributed by atoms with Gasteiger partial charge in [0.25, 0.3) is 0 Å². The van der Waals surface area contributed by atoms with Gasteiger partial charge in [0.05, 0.1) is 0 Å². The minimum atomic E-state index is -0.00570. The summed E-state index contributed by atoms with van der Waals surface area (Å²) >= 11 is 5.20. The van der Waals surface area contributed by atoms with Gasteiger partial charge in [-0.1, -0.05) is 93.7 Å². The number of hydrogen-bond donors (Lipinski definition) is 0. The number of halogens is 2. The van der Waals surface area contributed by atoms with Crippen LogP contribution in [0.15, 0.2) is 72.8 Å². The van der Waals surface area contributed by atoms with Gasteiger partial charge in [-0.2, -0.15) is 0 Å². The van der Waals surface area contributed by atoms with Crippen molar-refractivity contribution in [2.75, 3.05) is 0 Å².